The molecule has 0 aliphatic rings. The van der Waals surface area contributed by atoms with Crippen molar-refractivity contribution in [2.45, 2.75) is 20.8 Å². The predicted octanol–water partition coefficient (Wildman–Crippen LogP) is 6.63. The SMILES string of the molecule is Cc1ccc(C#Cc2ccc3cc(C#Cc4ccc(C)s4)ccc3c2)c(C)c1. The third-order valence-corrected chi connectivity index (χ3v) is 5.55. The van der Waals surface area contributed by atoms with Crippen LogP contribution in [0.2, 0.25) is 0 Å². The average molecular weight is 377 g/mol. The Labute approximate surface area is 170 Å². The highest BCUT2D eigenvalue weighted by Crippen LogP contribution is 2.19. The van der Waals surface area contributed by atoms with Crippen LogP contribution in [0.1, 0.15) is 37.6 Å². The molecule has 4 aromatic rings. The van der Waals surface area contributed by atoms with E-state index in [1.165, 1.54) is 26.8 Å². The normalized spacial score (nSPS) is 10.1. The van der Waals surface area contributed by atoms with E-state index < -0.39 is 0 Å². The van der Waals surface area contributed by atoms with E-state index in [0.29, 0.717) is 0 Å². The minimum Gasteiger partial charge on any atom is -0.132 e. The number of aryl methyl sites for hydroxylation is 3. The topological polar surface area (TPSA) is 0 Å². The first-order valence-electron chi connectivity index (χ1n) is 9.28. The van der Waals surface area contributed by atoms with Gasteiger partial charge in [-0.25, -0.2) is 0 Å². The van der Waals surface area contributed by atoms with Gasteiger partial charge in [-0.3, -0.25) is 0 Å². The van der Waals surface area contributed by atoms with Crippen LogP contribution in [0.4, 0.5) is 0 Å². The lowest BCUT2D eigenvalue weighted by atomic mass is 10.0. The first-order valence-corrected chi connectivity index (χ1v) is 10.1. The van der Waals surface area contributed by atoms with Crippen molar-refractivity contribution in [3.05, 3.63) is 104 Å². The Kier molecular flexibility index (Phi) is 5.03. The van der Waals surface area contributed by atoms with Crippen molar-refractivity contribution >= 4 is 22.1 Å². The zero-order chi connectivity index (χ0) is 19.5. The molecule has 1 aromatic heterocycles. The smallest absolute Gasteiger partial charge is 0.0775 e. The van der Waals surface area contributed by atoms with E-state index >= 15 is 0 Å². The van der Waals surface area contributed by atoms with Crippen molar-refractivity contribution in [2.75, 3.05) is 0 Å². The Morgan fingerprint density at radius 1 is 0.607 bits per heavy atom. The molecule has 28 heavy (non-hydrogen) atoms. The summed E-state index contributed by atoms with van der Waals surface area (Å²) < 4.78 is 0. The molecule has 0 nitrogen and oxygen atoms in total. The van der Waals surface area contributed by atoms with Crippen LogP contribution >= 0.6 is 11.3 Å². The van der Waals surface area contributed by atoms with Crippen LogP contribution < -0.4 is 0 Å². The first-order chi connectivity index (χ1) is 13.6. The summed E-state index contributed by atoms with van der Waals surface area (Å²) in [5, 5.41) is 2.37. The highest BCUT2D eigenvalue weighted by Gasteiger charge is 1.98. The van der Waals surface area contributed by atoms with Gasteiger partial charge in [0.25, 0.3) is 0 Å². The molecule has 134 valence electrons. The molecule has 0 N–H and O–H groups in total. The van der Waals surface area contributed by atoms with Gasteiger partial charge in [-0.15, -0.1) is 11.3 Å². The second kappa shape index (κ2) is 7.77. The maximum Gasteiger partial charge on any atom is 0.0775 e. The molecule has 3 aromatic carbocycles. The van der Waals surface area contributed by atoms with Crippen molar-refractivity contribution in [1.29, 1.82) is 0 Å². The van der Waals surface area contributed by atoms with E-state index in [9.17, 15) is 0 Å². The van der Waals surface area contributed by atoms with Gasteiger partial charge in [0.05, 0.1) is 4.88 Å². The fourth-order valence-electron chi connectivity index (χ4n) is 3.13. The molecule has 0 bridgehead atoms. The summed E-state index contributed by atoms with van der Waals surface area (Å²) in [6.07, 6.45) is 0. The summed E-state index contributed by atoms with van der Waals surface area (Å²) >= 11 is 1.73. The second-order valence-electron chi connectivity index (χ2n) is 7.01. The largest absolute Gasteiger partial charge is 0.132 e. The average Bonchev–Trinajstić information content (AvgIpc) is 3.11. The Balaban J connectivity index is 1.60. The minimum atomic E-state index is 1.03. The van der Waals surface area contributed by atoms with Crippen molar-refractivity contribution in [3.63, 3.8) is 0 Å². The lowest BCUT2D eigenvalue weighted by molar-refractivity contribution is 1.36. The van der Waals surface area contributed by atoms with Gasteiger partial charge < -0.3 is 0 Å². The maximum absolute atomic E-state index is 3.30. The van der Waals surface area contributed by atoms with Crippen LogP contribution in [0.5, 0.6) is 0 Å². The molecule has 0 aliphatic heterocycles. The molecule has 0 saturated carbocycles. The Morgan fingerprint density at radius 3 is 1.89 bits per heavy atom. The quantitative estimate of drug-likeness (QED) is 0.302. The van der Waals surface area contributed by atoms with Crippen LogP contribution in [0.3, 0.4) is 0 Å². The van der Waals surface area contributed by atoms with Gasteiger partial charge in [-0.05, 0) is 79.6 Å². The van der Waals surface area contributed by atoms with E-state index in [1.54, 1.807) is 11.3 Å². The van der Waals surface area contributed by atoms with Crippen LogP contribution in [0, 0.1) is 44.5 Å². The summed E-state index contributed by atoms with van der Waals surface area (Å²) in [5.74, 6) is 13.1. The van der Waals surface area contributed by atoms with Gasteiger partial charge in [0.15, 0.2) is 0 Å². The standard InChI is InChI=1S/C27H20S/c1-19-4-10-24(20(2)16-19)11-6-22-7-12-26-18-23(8-13-25(26)17-22)9-15-27-14-5-21(3)28-27/h4-5,7-8,10,12-14,16-18H,1-3H3. The van der Waals surface area contributed by atoms with Gasteiger partial charge in [0.2, 0.25) is 0 Å². The van der Waals surface area contributed by atoms with E-state index in [4.69, 9.17) is 0 Å². The molecule has 1 heterocycles. The minimum absolute atomic E-state index is 1.03. The van der Waals surface area contributed by atoms with Crippen LogP contribution in [0.15, 0.2) is 66.7 Å². The lowest BCUT2D eigenvalue weighted by Gasteiger charge is -2.01. The van der Waals surface area contributed by atoms with Crippen molar-refractivity contribution in [3.8, 4) is 23.7 Å². The summed E-state index contributed by atoms with van der Waals surface area (Å²) in [5.41, 5.74) is 5.63. The van der Waals surface area contributed by atoms with Crippen molar-refractivity contribution in [1.82, 2.24) is 0 Å². The molecule has 4 rings (SSSR count). The third-order valence-electron chi connectivity index (χ3n) is 4.63. The molecule has 0 aliphatic carbocycles. The van der Waals surface area contributed by atoms with Gasteiger partial charge in [0.1, 0.15) is 0 Å². The Morgan fingerprint density at radius 2 is 1.29 bits per heavy atom. The van der Waals surface area contributed by atoms with Crippen LogP contribution in [0.25, 0.3) is 10.8 Å². The number of rotatable bonds is 0. The van der Waals surface area contributed by atoms with E-state index in [0.717, 1.165) is 21.6 Å². The zero-order valence-electron chi connectivity index (χ0n) is 16.3. The number of thiophene rings is 1. The molecule has 0 saturated heterocycles. The number of fused-ring (bicyclic) bond motifs is 1. The van der Waals surface area contributed by atoms with Crippen molar-refractivity contribution < 1.29 is 0 Å². The monoisotopic (exact) mass is 376 g/mol. The van der Waals surface area contributed by atoms with Crippen LogP contribution in [-0.4, -0.2) is 0 Å². The summed E-state index contributed by atoms with van der Waals surface area (Å²) in [4.78, 5) is 2.40. The summed E-state index contributed by atoms with van der Waals surface area (Å²) in [6, 6.07) is 23.3. The molecule has 0 amide bonds. The molecular formula is C27H20S. The molecule has 0 atom stereocenters. The zero-order valence-corrected chi connectivity index (χ0v) is 17.1. The number of hydrogen-bond donors (Lipinski definition) is 0. The Hall–Kier alpha value is -3.26. The summed E-state index contributed by atoms with van der Waals surface area (Å²) in [6.45, 7) is 6.32. The molecule has 0 spiro atoms. The van der Waals surface area contributed by atoms with E-state index in [2.05, 4.69) is 111 Å². The van der Waals surface area contributed by atoms with Gasteiger partial charge in [-0.2, -0.15) is 0 Å². The van der Waals surface area contributed by atoms with E-state index in [1.807, 2.05) is 0 Å². The molecule has 0 radical (unpaired) electrons. The fraction of sp³-hybridized carbons (Fsp3) is 0.111. The molecular weight excluding hydrogens is 356 g/mol. The van der Waals surface area contributed by atoms with E-state index in [-0.39, 0.29) is 0 Å². The molecule has 0 unspecified atom stereocenters. The predicted molar refractivity (Wildman–Crippen MR) is 121 cm³/mol. The highest BCUT2D eigenvalue weighted by molar-refractivity contribution is 7.12. The molecule has 0 fully saturated rings. The second-order valence-corrected chi connectivity index (χ2v) is 8.29. The van der Waals surface area contributed by atoms with Crippen LogP contribution in [-0.2, 0) is 0 Å². The maximum atomic E-state index is 3.30. The van der Waals surface area contributed by atoms with Gasteiger partial charge >= 0.3 is 0 Å². The molecule has 1 heteroatoms. The number of benzene rings is 3. The fourth-order valence-corrected chi connectivity index (χ4v) is 3.85. The highest BCUT2D eigenvalue weighted by atomic mass is 32.1. The summed E-state index contributed by atoms with van der Waals surface area (Å²) in [7, 11) is 0. The van der Waals surface area contributed by atoms with Gasteiger partial charge in [0, 0.05) is 21.6 Å². The van der Waals surface area contributed by atoms with Crippen molar-refractivity contribution in [2.24, 2.45) is 0 Å². The first kappa shape index (κ1) is 18.1. The third kappa shape index (κ3) is 4.17. The Bertz CT molecular complexity index is 1300. The number of hydrogen-bond acceptors (Lipinski definition) is 1. The lowest BCUT2D eigenvalue weighted by Crippen LogP contribution is -1.84. The van der Waals surface area contributed by atoms with Gasteiger partial charge in [-0.1, -0.05) is 53.5 Å².